The molecule has 0 aliphatic carbocycles. The van der Waals surface area contributed by atoms with E-state index in [4.69, 9.17) is 0 Å². The van der Waals surface area contributed by atoms with Gasteiger partial charge < -0.3 is 4.90 Å². The Bertz CT molecular complexity index is 1210. The Kier molecular flexibility index (Phi) is 4.97. The molecule has 5 rings (SSSR count). The van der Waals surface area contributed by atoms with Crippen LogP contribution in [-0.4, -0.2) is 23.3 Å². The van der Waals surface area contributed by atoms with E-state index in [0.717, 1.165) is 27.6 Å². The van der Waals surface area contributed by atoms with Gasteiger partial charge in [-0.2, -0.15) is 0 Å². The summed E-state index contributed by atoms with van der Waals surface area (Å²) < 4.78 is 0. The minimum atomic E-state index is -0.112. The van der Waals surface area contributed by atoms with Gasteiger partial charge in [-0.15, -0.1) is 0 Å². The maximum atomic E-state index is 13.5. The molecule has 0 fully saturated rings. The SMILES string of the molecule is O=C(CN1C(=O)c2cccc3cccc1c23)N(Cc1ccccc1)Cc1ccccc1. The minimum Gasteiger partial charge on any atom is -0.332 e. The van der Waals surface area contributed by atoms with Crippen molar-refractivity contribution in [3.05, 3.63) is 114 Å². The Hall–Kier alpha value is -3.92. The number of hydrogen-bond acceptors (Lipinski definition) is 2. The average Bonchev–Trinajstić information content (AvgIpc) is 3.08. The monoisotopic (exact) mass is 406 g/mol. The number of amides is 2. The second-order valence-corrected chi connectivity index (χ2v) is 7.79. The molecule has 0 bridgehead atoms. The third kappa shape index (κ3) is 3.68. The molecule has 152 valence electrons. The molecule has 0 unspecified atom stereocenters. The van der Waals surface area contributed by atoms with E-state index in [1.165, 1.54) is 0 Å². The van der Waals surface area contributed by atoms with Crippen LogP contribution in [0.25, 0.3) is 10.8 Å². The summed E-state index contributed by atoms with van der Waals surface area (Å²) in [6.07, 6.45) is 0. The molecule has 4 aromatic rings. The highest BCUT2D eigenvalue weighted by Gasteiger charge is 2.32. The van der Waals surface area contributed by atoms with Gasteiger partial charge in [0, 0.05) is 24.0 Å². The predicted molar refractivity (Wildman–Crippen MR) is 123 cm³/mol. The van der Waals surface area contributed by atoms with Gasteiger partial charge in [0.2, 0.25) is 5.91 Å². The summed E-state index contributed by atoms with van der Waals surface area (Å²) in [4.78, 5) is 30.0. The van der Waals surface area contributed by atoms with Gasteiger partial charge in [-0.05, 0) is 28.6 Å². The fraction of sp³-hybridized carbons (Fsp3) is 0.111. The van der Waals surface area contributed by atoms with E-state index in [2.05, 4.69) is 0 Å². The topological polar surface area (TPSA) is 40.6 Å². The highest BCUT2D eigenvalue weighted by molar-refractivity contribution is 6.26. The van der Waals surface area contributed by atoms with E-state index in [1.807, 2.05) is 102 Å². The highest BCUT2D eigenvalue weighted by Crippen LogP contribution is 2.37. The van der Waals surface area contributed by atoms with E-state index in [-0.39, 0.29) is 18.4 Å². The van der Waals surface area contributed by atoms with E-state index < -0.39 is 0 Å². The number of benzene rings is 4. The maximum absolute atomic E-state index is 13.5. The second-order valence-electron chi connectivity index (χ2n) is 7.79. The number of rotatable bonds is 6. The van der Waals surface area contributed by atoms with E-state index in [0.29, 0.717) is 18.7 Å². The first-order chi connectivity index (χ1) is 15.2. The van der Waals surface area contributed by atoms with E-state index >= 15 is 0 Å². The summed E-state index contributed by atoms with van der Waals surface area (Å²) >= 11 is 0. The first kappa shape index (κ1) is 19.1. The van der Waals surface area contributed by atoms with Gasteiger partial charge in [-0.3, -0.25) is 14.5 Å². The third-order valence-corrected chi connectivity index (χ3v) is 5.73. The van der Waals surface area contributed by atoms with E-state index in [1.54, 1.807) is 4.90 Å². The van der Waals surface area contributed by atoms with Gasteiger partial charge in [0.15, 0.2) is 0 Å². The summed E-state index contributed by atoms with van der Waals surface area (Å²) in [5.74, 6) is -0.189. The van der Waals surface area contributed by atoms with Crippen molar-refractivity contribution in [3.63, 3.8) is 0 Å². The third-order valence-electron chi connectivity index (χ3n) is 5.73. The minimum absolute atomic E-state index is 0.0201. The highest BCUT2D eigenvalue weighted by atomic mass is 16.2. The van der Waals surface area contributed by atoms with E-state index in [9.17, 15) is 9.59 Å². The molecule has 1 aliphatic rings. The summed E-state index contributed by atoms with van der Waals surface area (Å²) in [5, 5.41) is 1.95. The Balaban J connectivity index is 1.43. The predicted octanol–water partition coefficient (Wildman–Crippen LogP) is 5.03. The lowest BCUT2D eigenvalue weighted by molar-refractivity contribution is -0.130. The molecule has 31 heavy (non-hydrogen) atoms. The van der Waals surface area contributed by atoms with Crippen LogP contribution in [0.4, 0.5) is 5.69 Å². The Morgan fingerprint density at radius 3 is 1.90 bits per heavy atom. The number of hydrogen-bond donors (Lipinski definition) is 0. The Labute approximate surface area is 181 Å². The normalized spacial score (nSPS) is 12.4. The number of nitrogens with zero attached hydrogens (tertiary/aromatic N) is 2. The molecule has 0 atom stereocenters. The van der Waals surface area contributed by atoms with Crippen LogP contribution in [0.5, 0.6) is 0 Å². The van der Waals surface area contributed by atoms with Crippen molar-refractivity contribution in [1.29, 1.82) is 0 Å². The molecule has 1 aliphatic heterocycles. The fourth-order valence-corrected chi connectivity index (χ4v) is 4.21. The van der Waals surface area contributed by atoms with Crippen molar-refractivity contribution in [3.8, 4) is 0 Å². The smallest absolute Gasteiger partial charge is 0.259 e. The van der Waals surface area contributed by atoms with Gasteiger partial charge >= 0.3 is 0 Å². The maximum Gasteiger partial charge on any atom is 0.259 e. The molecule has 2 amide bonds. The Morgan fingerprint density at radius 1 is 0.710 bits per heavy atom. The zero-order valence-corrected chi connectivity index (χ0v) is 17.1. The van der Waals surface area contributed by atoms with Crippen molar-refractivity contribution in [2.75, 3.05) is 11.4 Å². The molecule has 1 heterocycles. The first-order valence-corrected chi connectivity index (χ1v) is 10.4. The summed E-state index contributed by atoms with van der Waals surface area (Å²) in [7, 11) is 0. The fourth-order valence-electron chi connectivity index (χ4n) is 4.21. The van der Waals surface area contributed by atoms with Crippen LogP contribution in [0, 0.1) is 0 Å². The molecular formula is C27H22N2O2. The van der Waals surface area contributed by atoms with Crippen molar-refractivity contribution in [2.45, 2.75) is 13.1 Å². The first-order valence-electron chi connectivity index (χ1n) is 10.4. The molecule has 0 spiro atoms. The molecule has 0 aromatic heterocycles. The van der Waals surface area contributed by atoms with Crippen LogP contribution in [0.15, 0.2) is 97.1 Å². The second kappa shape index (κ2) is 8.07. The molecule has 0 N–H and O–H groups in total. The van der Waals surface area contributed by atoms with Crippen LogP contribution in [0.1, 0.15) is 21.5 Å². The molecule has 4 nitrogen and oxygen atoms in total. The molecule has 0 radical (unpaired) electrons. The molecule has 4 heteroatoms. The van der Waals surface area contributed by atoms with Crippen LogP contribution in [0.2, 0.25) is 0 Å². The number of carbonyl (C=O) groups is 2. The molecule has 0 saturated heterocycles. The number of carbonyl (C=O) groups excluding carboxylic acids is 2. The zero-order chi connectivity index (χ0) is 21.2. The lowest BCUT2D eigenvalue weighted by atomic mass is 10.1. The average molecular weight is 406 g/mol. The van der Waals surface area contributed by atoms with Gasteiger partial charge in [0.25, 0.3) is 5.91 Å². The van der Waals surface area contributed by atoms with Crippen LogP contribution in [0.3, 0.4) is 0 Å². The van der Waals surface area contributed by atoms with Gasteiger partial charge in [0.05, 0.1) is 5.69 Å². The lowest BCUT2D eigenvalue weighted by Gasteiger charge is -2.26. The largest absolute Gasteiger partial charge is 0.332 e. The molecule has 4 aromatic carbocycles. The standard InChI is InChI=1S/C27H22N2O2/c30-25(19-29-24-16-8-14-22-13-7-15-23(26(22)24)27(29)31)28(17-20-9-3-1-4-10-20)18-21-11-5-2-6-12-21/h1-16H,17-19H2. The van der Waals surface area contributed by atoms with Gasteiger partial charge in [0.1, 0.15) is 6.54 Å². The van der Waals surface area contributed by atoms with Crippen molar-refractivity contribution in [2.24, 2.45) is 0 Å². The molecule has 0 saturated carbocycles. The van der Waals surface area contributed by atoms with Crippen LogP contribution >= 0.6 is 0 Å². The zero-order valence-electron chi connectivity index (χ0n) is 17.1. The molecular weight excluding hydrogens is 384 g/mol. The Morgan fingerprint density at radius 2 is 1.29 bits per heavy atom. The summed E-state index contributed by atoms with van der Waals surface area (Å²) in [5.41, 5.74) is 3.60. The van der Waals surface area contributed by atoms with Gasteiger partial charge in [-0.1, -0.05) is 84.9 Å². The number of anilines is 1. The van der Waals surface area contributed by atoms with Gasteiger partial charge in [-0.25, -0.2) is 0 Å². The van der Waals surface area contributed by atoms with Crippen molar-refractivity contribution < 1.29 is 9.59 Å². The van der Waals surface area contributed by atoms with Crippen LogP contribution < -0.4 is 4.90 Å². The van der Waals surface area contributed by atoms with Crippen molar-refractivity contribution in [1.82, 2.24) is 4.90 Å². The quantitative estimate of drug-likeness (QED) is 0.451. The van der Waals surface area contributed by atoms with Crippen LogP contribution in [-0.2, 0) is 17.9 Å². The summed E-state index contributed by atoms with van der Waals surface area (Å²) in [6.45, 7) is 1.01. The van der Waals surface area contributed by atoms with Crippen molar-refractivity contribution >= 4 is 28.3 Å². The lowest BCUT2D eigenvalue weighted by Crippen LogP contribution is -2.41. The summed E-state index contributed by atoms with van der Waals surface area (Å²) in [6, 6.07) is 31.5.